The highest BCUT2D eigenvalue weighted by Gasteiger charge is 2.25. The van der Waals surface area contributed by atoms with Gasteiger partial charge in [0.15, 0.2) is 0 Å². The molecule has 0 spiro atoms. The van der Waals surface area contributed by atoms with Gasteiger partial charge in [-0.15, -0.1) is 0 Å². The van der Waals surface area contributed by atoms with Crippen LogP contribution in [0.15, 0.2) is 48.9 Å². The van der Waals surface area contributed by atoms with Gasteiger partial charge in [-0.25, -0.2) is 9.37 Å². The van der Waals surface area contributed by atoms with E-state index in [4.69, 9.17) is 16.6 Å². The van der Waals surface area contributed by atoms with Gasteiger partial charge in [0.25, 0.3) is 0 Å². The van der Waals surface area contributed by atoms with Crippen LogP contribution in [0.25, 0.3) is 22.5 Å². The minimum Gasteiger partial charge on any atom is -0.354 e. The van der Waals surface area contributed by atoms with Crippen LogP contribution in [0.4, 0.5) is 10.2 Å². The Balaban J connectivity index is 0.000000555. The van der Waals surface area contributed by atoms with Crippen LogP contribution in [0, 0.1) is 5.82 Å². The molecule has 0 saturated carbocycles. The topological polar surface area (TPSA) is 62.2 Å². The standard InChI is InChI=1S/C21H21ClFN5.C4H8O/c1-27-10-8-16(13-27)28(2)19-12-25-20(14-3-5-15(23)6-4-14)21(26-19)17-7-9-24-11-18(17)22;1-2-3-4-5/h3-7,9,11-12,16H,8,10,13H2,1-2H3;4H,2-3H2,1H3. The van der Waals surface area contributed by atoms with Gasteiger partial charge in [-0.1, -0.05) is 18.5 Å². The smallest absolute Gasteiger partial charge is 0.147 e. The number of anilines is 1. The lowest BCUT2D eigenvalue weighted by Gasteiger charge is -2.26. The third-order valence-corrected chi connectivity index (χ3v) is 5.89. The fourth-order valence-corrected chi connectivity index (χ4v) is 3.87. The fraction of sp³-hybridized carbons (Fsp3) is 0.360. The molecule has 3 aromatic rings. The number of rotatable bonds is 6. The van der Waals surface area contributed by atoms with Gasteiger partial charge in [0.2, 0.25) is 0 Å². The minimum atomic E-state index is -0.290. The van der Waals surface area contributed by atoms with Crippen molar-refractivity contribution >= 4 is 23.7 Å². The van der Waals surface area contributed by atoms with Crippen LogP contribution in [0.3, 0.4) is 0 Å². The third kappa shape index (κ3) is 6.33. The molecule has 1 aliphatic rings. The zero-order chi connectivity index (χ0) is 23.8. The van der Waals surface area contributed by atoms with E-state index in [1.165, 1.54) is 12.1 Å². The number of carbonyl (C=O) groups excluding carboxylic acids is 1. The molecule has 0 N–H and O–H groups in total. The Labute approximate surface area is 199 Å². The summed E-state index contributed by atoms with van der Waals surface area (Å²) in [7, 11) is 4.17. The number of carbonyl (C=O) groups is 1. The molecule has 33 heavy (non-hydrogen) atoms. The first-order chi connectivity index (χ1) is 15.9. The van der Waals surface area contributed by atoms with E-state index in [-0.39, 0.29) is 5.82 Å². The highest BCUT2D eigenvalue weighted by atomic mass is 35.5. The summed E-state index contributed by atoms with van der Waals surface area (Å²) in [5.41, 5.74) is 2.86. The number of benzene rings is 1. The van der Waals surface area contributed by atoms with Gasteiger partial charge in [-0.3, -0.25) is 9.97 Å². The van der Waals surface area contributed by atoms with E-state index >= 15 is 0 Å². The average Bonchev–Trinajstić information content (AvgIpc) is 3.26. The molecular weight excluding hydrogens is 441 g/mol. The molecule has 8 heteroatoms. The Kier molecular flexibility index (Phi) is 8.86. The van der Waals surface area contributed by atoms with E-state index in [2.05, 4.69) is 26.8 Å². The molecule has 0 amide bonds. The van der Waals surface area contributed by atoms with Crippen molar-refractivity contribution in [1.82, 2.24) is 19.9 Å². The van der Waals surface area contributed by atoms with Gasteiger partial charge in [-0.2, -0.15) is 0 Å². The number of hydrogen-bond acceptors (Lipinski definition) is 6. The highest BCUT2D eigenvalue weighted by molar-refractivity contribution is 6.33. The van der Waals surface area contributed by atoms with Crippen LogP contribution in [-0.2, 0) is 4.79 Å². The number of aldehydes is 1. The number of nitrogens with zero attached hydrogens (tertiary/aromatic N) is 5. The van der Waals surface area contributed by atoms with Crippen molar-refractivity contribution in [1.29, 1.82) is 0 Å². The van der Waals surface area contributed by atoms with E-state index in [9.17, 15) is 9.18 Å². The normalized spacial score (nSPS) is 15.6. The van der Waals surface area contributed by atoms with Crippen LogP contribution in [0.2, 0.25) is 5.02 Å². The van der Waals surface area contributed by atoms with Crippen molar-refractivity contribution in [2.45, 2.75) is 32.2 Å². The zero-order valence-electron chi connectivity index (χ0n) is 19.2. The largest absolute Gasteiger partial charge is 0.354 e. The Morgan fingerprint density at radius 3 is 2.55 bits per heavy atom. The maximum Gasteiger partial charge on any atom is 0.147 e. The van der Waals surface area contributed by atoms with Crippen LogP contribution >= 0.6 is 11.6 Å². The predicted molar refractivity (Wildman–Crippen MR) is 131 cm³/mol. The molecule has 3 heterocycles. The fourth-order valence-electron chi connectivity index (χ4n) is 3.66. The second-order valence-corrected chi connectivity index (χ2v) is 8.47. The lowest BCUT2D eigenvalue weighted by molar-refractivity contribution is -0.107. The SMILES string of the molecule is CCCC=O.CN1CCC(N(C)c2cnc(-c3ccc(F)cc3)c(-c3ccncc3Cl)n2)C1. The Morgan fingerprint density at radius 1 is 1.21 bits per heavy atom. The van der Waals surface area contributed by atoms with E-state index < -0.39 is 0 Å². The molecule has 4 rings (SSSR count). The predicted octanol–water partition coefficient (Wildman–Crippen LogP) is 5.12. The third-order valence-electron chi connectivity index (χ3n) is 5.59. The van der Waals surface area contributed by atoms with E-state index in [0.717, 1.165) is 49.2 Å². The number of aromatic nitrogens is 3. The summed E-state index contributed by atoms with van der Waals surface area (Å²) in [6.45, 7) is 4.04. The summed E-state index contributed by atoms with van der Waals surface area (Å²) in [4.78, 5) is 27.5. The molecule has 2 aromatic heterocycles. The number of likely N-dealkylation sites (N-methyl/N-ethyl adjacent to an activating group) is 2. The average molecular weight is 470 g/mol. The van der Waals surface area contributed by atoms with Crippen molar-refractivity contribution in [3.63, 3.8) is 0 Å². The molecular formula is C25H29ClFN5O. The van der Waals surface area contributed by atoms with Gasteiger partial charge in [0.05, 0.1) is 16.9 Å². The minimum absolute atomic E-state index is 0.290. The van der Waals surface area contributed by atoms with Crippen molar-refractivity contribution < 1.29 is 9.18 Å². The van der Waals surface area contributed by atoms with Gasteiger partial charge < -0.3 is 14.6 Å². The number of halogens is 2. The first kappa shape index (κ1) is 24.7. The molecule has 6 nitrogen and oxygen atoms in total. The number of hydrogen-bond donors (Lipinski definition) is 0. The van der Waals surface area contributed by atoms with Crippen molar-refractivity contribution in [2.75, 3.05) is 32.1 Å². The molecule has 0 aliphatic carbocycles. The first-order valence-electron chi connectivity index (χ1n) is 11.0. The zero-order valence-corrected chi connectivity index (χ0v) is 20.0. The van der Waals surface area contributed by atoms with Gasteiger partial charge in [0, 0.05) is 49.6 Å². The Hall–Kier alpha value is -2.90. The molecule has 1 atom stereocenters. The van der Waals surface area contributed by atoms with E-state index in [0.29, 0.717) is 28.9 Å². The Morgan fingerprint density at radius 2 is 1.97 bits per heavy atom. The van der Waals surface area contributed by atoms with Gasteiger partial charge in [-0.05, 0) is 56.8 Å². The van der Waals surface area contributed by atoms with Crippen molar-refractivity contribution in [3.8, 4) is 22.5 Å². The summed E-state index contributed by atoms with van der Waals surface area (Å²) in [6, 6.07) is 8.46. The molecule has 1 fully saturated rings. The lowest BCUT2D eigenvalue weighted by atomic mass is 10.0. The molecule has 0 bridgehead atoms. The van der Waals surface area contributed by atoms with Crippen molar-refractivity contribution in [3.05, 3.63) is 59.8 Å². The van der Waals surface area contributed by atoms with Gasteiger partial charge in [0.1, 0.15) is 23.6 Å². The van der Waals surface area contributed by atoms with Crippen LogP contribution < -0.4 is 4.90 Å². The maximum atomic E-state index is 13.4. The first-order valence-corrected chi connectivity index (χ1v) is 11.4. The van der Waals surface area contributed by atoms with Crippen molar-refractivity contribution in [2.24, 2.45) is 0 Å². The second kappa shape index (κ2) is 11.8. The quantitative estimate of drug-likeness (QED) is 0.467. The summed E-state index contributed by atoms with van der Waals surface area (Å²) < 4.78 is 13.4. The molecule has 1 aliphatic heterocycles. The van der Waals surface area contributed by atoms with Crippen LogP contribution in [0.5, 0.6) is 0 Å². The summed E-state index contributed by atoms with van der Waals surface area (Å²) in [5.74, 6) is 0.496. The molecule has 1 unspecified atom stereocenters. The molecule has 1 saturated heterocycles. The molecule has 1 aromatic carbocycles. The van der Waals surface area contributed by atoms with Gasteiger partial charge >= 0.3 is 0 Å². The van der Waals surface area contributed by atoms with Crippen LogP contribution in [-0.4, -0.2) is 59.4 Å². The monoisotopic (exact) mass is 469 g/mol. The highest BCUT2D eigenvalue weighted by Crippen LogP contribution is 2.34. The van der Waals surface area contributed by atoms with Crippen LogP contribution in [0.1, 0.15) is 26.2 Å². The second-order valence-electron chi connectivity index (χ2n) is 8.06. The number of pyridine rings is 1. The van der Waals surface area contributed by atoms with E-state index in [1.807, 2.05) is 20.0 Å². The lowest BCUT2D eigenvalue weighted by Crippen LogP contribution is -2.34. The summed E-state index contributed by atoms with van der Waals surface area (Å²) >= 11 is 6.41. The summed E-state index contributed by atoms with van der Waals surface area (Å²) in [6.07, 6.45) is 8.74. The molecule has 174 valence electrons. The number of likely N-dealkylation sites (tertiary alicyclic amines) is 1. The Bertz CT molecular complexity index is 1060. The van der Waals surface area contributed by atoms with E-state index in [1.54, 1.807) is 30.7 Å². The maximum absolute atomic E-state index is 13.4. The number of unbranched alkanes of at least 4 members (excludes halogenated alkanes) is 1. The summed E-state index contributed by atoms with van der Waals surface area (Å²) in [5, 5.41) is 0.501. The molecule has 0 radical (unpaired) electrons.